The molecule has 0 radical (unpaired) electrons. The molecule has 130 valence electrons. The Balaban J connectivity index is 0.00000264. The monoisotopic (exact) mass is 416 g/mol. The van der Waals surface area contributed by atoms with Gasteiger partial charge in [-0.2, -0.15) is 13.2 Å². The SMILES string of the molecule is Cl.NC1CCN(C(=O)OCc2cc(Br)cc(C(F)(F)F)c2)CC1. The highest BCUT2D eigenvalue weighted by molar-refractivity contribution is 9.10. The van der Waals surface area contributed by atoms with E-state index in [1.807, 2.05) is 0 Å². The molecule has 1 heterocycles. The van der Waals surface area contributed by atoms with Gasteiger partial charge in [-0.15, -0.1) is 12.4 Å². The van der Waals surface area contributed by atoms with E-state index in [0.29, 0.717) is 25.9 Å². The number of amides is 1. The number of carbonyl (C=O) groups is 1. The molecular weight excluding hydrogens is 401 g/mol. The molecule has 1 saturated heterocycles. The third-order valence-corrected chi connectivity index (χ3v) is 3.90. The molecule has 1 amide bonds. The summed E-state index contributed by atoms with van der Waals surface area (Å²) in [6.07, 6.45) is -3.57. The van der Waals surface area contributed by atoms with Crippen LogP contribution in [0.15, 0.2) is 22.7 Å². The maximum absolute atomic E-state index is 12.7. The lowest BCUT2D eigenvalue weighted by molar-refractivity contribution is -0.137. The number of nitrogens with zero attached hydrogens (tertiary/aromatic N) is 1. The smallest absolute Gasteiger partial charge is 0.416 e. The molecule has 2 rings (SSSR count). The highest BCUT2D eigenvalue weighted by Gasteiger charge is 2.31. The normalized spacial score (nSPS) is 16.0. The number of piperidine rings is 1. The van der Waals surface area contributed by atoms with E-state index in [-0.39, 0.29) is 35.1 Å². The Labute approximate surface area is 146 Å². The number of carbonyl (C=O) groups excluding carboxylic acids is 1. The molecule has 0 aromatic heterocycles. The second-order valence-corrected chi connectivity index (χ2v) is 6.14. The maximum Gasteiger partial charge on any atom is 0.416 e. The Bertz CT molecular complexity index is 549. The predicted molar refractivity (Wildman–Crippen MR) is 85.4 cm³/mol. The van der Waals surface area contributed by atoms with Gasteiger partial charge in [0.2, 0.25) is 0 Å². The van der Waals surface area contributed by atoms with Crippen LogP contribution in [0.25, 0.3) is 0 Å². The largest absolute Gasteiger partial charge is 0.445 e. The summed E-state index contributed by atoms with van der Waals surface area (Å²) in [4.78, 5) is 13.4. The van der Waals surface area contributed by atoms with Crippen molar-refractivity contribution in [2.75, 3.05) is 13.1 Å². The van der Waals surface area contributed by atoms with Gasteiger partial charge in [-0.3, -0.25) is 0 Å². The highest BCUT2D eigenvalue weighted by Crippen LogP contribution is 2.32. The number of halogens is 5. The predicted octanol–water partition coefficient (Wildman–Crippen LogP) is 3.95. The summed E-state index contributed by atoms with van der Waals surface area (Å²) < 4.78 is 43.5. The zero-order valence-corrected chi connectivity index (χ0v) is 14.5. The minimum Gasteiger partial charge on any atom is -0.445 e. The standard InChI is InChI=1S/C14H16BrF3N2O2.ClH/c15-11-6-9(5-10(7-11)14(16,17)18)8-22-13(21)20-3-1-12(19)2-4-20;/h5-7,12H,1-4,8,19H2;1H. The summed E-state index contributed by atoms with van der Waals surface area (Å²) in [6.45, 7) is 0.808. The van der Waals surface area contributed by atoms with Crippen molar-refractivity contribution in [1.82, 2.24) is 4.90 Å². The topological polar surface area (TPSA) is 55.6 Å². The molecule has 0 unspecified atom stereocenters. The first-order valence-electron chi connectivity index (χ1n) is 6.79. The Kier molecular flexibility index (Phi) is 7.16. The van der Waals surface area contributed by atoms with E-state index in [9.17, 15) is 18.0 Å². The second kappa shape index (κ2) is 8.21. The van der Waals surface area contributed by atoms with Gasteiger partial charge in [-0.25, -0.2) is 4.79 Å². The quantitative estimate of drug-likeness (QED) is 0.793. The third-order valence-electron chi connectivity index (χ3n) is 3.45. The van der Waals surface area contributed by atoms with Gasteiger partial charge in [0.1, 0.15) is 6.61 Å². The first-order valence-corrected chi connectivity index (χ1v) is 7.59. The molecule has 1 aliphatic rings. The molecule has 0 aliphatic carbocycles. The minimum absolute atomic E-state index is 0. The summed E-state index contributed by atoms with van der Waals surface area (Å²) in [7, 11) is 0. The summed E-state index contributed by atoms with van der Waals surface area (Å²) in [5.41, 5.74) is 5.25. The van der Waals surface area contributed by atoms with Crippen LogP contribution in [0.2, 0.25) is 0 Å². The van der Waals surface area contributed by atoms with Crippen molar-refractivity contribution in [3.63, 3.8) is 0 Å². The average molecular weight is 418 g/mol. The van der Waals surface area contributed by atoms with Gasteiger partial charge in [0.05, 0.1) is 5.56 Å². The third kappa shape index (κ3) is 5.86. The molecule has 0 bridgehead atoms. The van der Waals surface area contributed by atoms with Crippen LogP contribution in [-0.4, -0.2) is 30.1 Å². The van der Waals surface area contributed by atoms with Crippen molar-refractivity contribution in [2.45, 2.75) is 31.7 Å². The zero-order valence-electron chi connectivity index (χ0n) is 12.1. The van der Waals surface area contributed by atoms with Crippen molar-refractivity contribution in [2.24, 2.45) is 5.73 Å². The molecular formula is C14H17BrClF3N2O2. The number of hydrogen-bond acceptors (Lipinski definition) is 3. The molecule has 1 aromatic rings. The average Bonchev–Trinajstić information content (AvgIpc) is 2.44. The van der Waals surface area contributed by atoms with Gasteiger partial charge in [0.25, 0.3) is 0 Å². The van der Waals surface area contributed by atoms with Gasteiger partial charge in [0, 0.05) is 23.6 Å². The summed E-state index contributed by atoms with van der Waals surface area (Å²) >= 11 is 3.03. The minimum atomic E-state index is -4.44. The van der Waals surface area contributed by atoms with Crippen LogP contribution in [0.3, 0.4) is 0 Å². The van der Waals surface area contributed by atoms with E-state index >= 15 is 0 Å². The molecule has 1 aliphatic heterocycles. The zero-order chi connectivity index (χ0) is 16.3. The van der Waals surface area contributed by atoms with E-state index in [0.717, 1.165) is 12.1 Å². The molecule has 2 N–H and O–H groups in total. The summed E-state index contributed by atoms with van der Waals surface area (Å²) in [5.74, 6) is 0. The van der Waals surface area contributed by atoms with E-state index in [1.54, 1.807) is 0 Å². The number of benzene rings is 1. The van der Waals surface area contributed by atoms with Crippen LogP contribution in [-0.2, 0) is 17.5 Å². The number of rotatable bonds is 2. The fourth-order valence-electron chi connectivity index (χ4n) is 2.22. The van der Waals surface area contributed by atoms with Gasteiger partial charge in [-0.05, 0) is 36.6 Å². The first kappa shape index (κ1) is 20.1. The molecule has 1 aromatic carbocycles. The van der Waals surface area contributed by atoms with Crippen molar-refractivity contribution in [3.05, 3.63) is 33.8 Å². The van der Waals surface area contributed by atoms with Gasteiger partial charge in [0.15, 0.2) is 0 Å². The van der Waals surface area contributed by atoms with Gasteiger partial charge >= 0.3 is 12.3 Å². The van der Waals surface area contributed by atoms with E-state index in [4.69, 9.17) is 10.5 Å². The second-order valence-electron chi connectivity index (χ2n) is 5.22. The van der Waals surface area contributed by atoms with Gasteiger partial charge in [-0.1, -0.05) is 15.9 Å². The maximum atomic E-state index is 12.7. The Morgan fingerprint density at radius 3 is 2.48 bits per heavy atom. The lowest BCUT2D eigenvalue weighted by Gasteiger charge is -2.29. The van der Waals surface area contributed by atoms with Crippen LogP contribution < -0.4 is 5.73 Å². The Morgan fingerprint density at radius 1 is 1.30 bits per heavy atom. The van der Waals surface area contributed by atoms with E-state index < -0.39 is 17.8 Å². The molecule has 0 atom stereocenters. The Hall–Kier alpha value is -0.990. The lowest BCUT2D eigenvalue weighted by Crippen LogP contribution is -2.43. The number of nitrogens with two attached hydrogens (primary N) is 1. The van der Waals surface area contributed by atoms with Crippen LogP contribution in [0, 0.1) is 0 Å². The summed E-state index contributed by atoms with van der Waals surface area (Å²) in [5, 5.41) is 0. The van der Waals surface area contributed by atoms with Crippen molar-refractivity contribution >= 4 is 34.4 Å². The van der Waals surface area contributed by atoms with Crippen LogP contribution in [0.5, 0.6) is 0 Å². The molecule has 0 saturated carbocycles. The molecule has 0 spiro atoms. The molecule has 4 nitrogen and oxygen atoms in total. The number of alkyl halides is 3. The van der Waals surface area contributed by atoms with Crippen LogP contribution >= 0.6 is 28.3 Å². The van der Waals surface area contributed by atoms with E-state index in [1.165, 1.54) is 11.0 Å². The lowest BCUT2D eigenvalue weighted by atomic mass is 10.1. The van der Waals surface area contributed by atoms with Crippen LogP contribution in [0.1, 0.15) is 24.0 Å². The number of hydrogen-bond donors (Lipinski definition) is 1. The fraction of sp³-hybridized carbons (Fsp3) is 0.500. The van der Waals surface area contributed by atoms with E-state index in [2.05, 4.69) is 15.9 Å². The first-order chi connectivity index (χ1) is 10.3. The highest BCUT2D eigenvalue weighted by atomic mass is 79.9. The number of likely N-dealkylation sites (tertiary alicyclic amines) is 1. The van der Waals surface area contributed by atoms with Crippen LogP contribution in [0.4, 0.5) is 18.0 Å². The molecule has 1 fully saturated rings. The van der Waals surface area contributed by atoms with Crippen molar-refractivity contribution in [3.8, 4) is 0 Å². The molecule has 9 heteroatoms. The number of ether oxygens (including phenoxy) is 1. The molecule has 23 heavy (non-hydrogen) atoms. The summed E-state index contributed by atoms with van der Waals surface area (Å²) in [6, 6.07) is 3.54. The van der Waals surface area contributed by atoms with Crippen molar-refractivity contribution < 1.29 is 22.7 Å². The van der Waals surface area contributed by atoms with Crippen molar-refractivity contribution in [1.29, 1.82) is 0 Å². The Morgan fingerprint density at radius 2 is 1.91 bits per heavy atom. The fourth-order valence-corrected chi connectivity index (χ4v) is 2.76. The van der Waals surface area contributed by atoms with Gasteiger partial charge < -0.3 is 15.4 Å².